The molecule has 4 rings (SSSR count). The highest BCUT2D eigenvalue weighted by Crippen LogP contribution is 2.33. The zero-order valence-electron chi connectivity index (χ0n) is 15.1. The molecule has 27 heavy (non-hydrogen) atoms. The van der Waals surface area contributed by atoms with Gasteiger partial charge in [-0.05, 0) is 55.7 Å². The molecule has 2 aromatic carbocycles. The van der Waals surface area contributed by atoms with Crippen molar-refractivity contribution < 1.29 is 19.1 Å². The van der Waals surface area contributed by atoms with Gasteiger partial charge in [0.05, 0.1) is 18.4 Å². The summed E-state index contributed by atoms with van der Waals surface area (Å²) in [4.78, 5) is 42.4. The minimum Gasteiger partial charge on any atom is -0.497 e. The molecule has 1 saturated heterocycles. The van der Waals surface area contributed by atoms with Crippen molar-refractivity contribution in [3.05, 3.63) is 59.7 Å². The van der Waals surface area contributed by atoms with Crippen LogP contribution in [0.5, 0.6) is 5.75 Å². The van der Waals surface area contributed by atoms with Crippen LogP contribution in [0, 0.1) is 0 Å². The Balaban J connectivity index is 1.81. The van der Waals surface area contributed by atoms with E-state index in [1.165, 1.54) is 4.90 Å². The first-order chi connectivity index (χ1) is 13.1. The SMILES string of the molecule is COc1ccc(C(=O)N2C(=O)[C@@H]3CCCCN3C(=O)c3ccccc32)cc1. The molecule has 3 amide bonds. The molecular formula is C21H20N2O4. The Labute approximate surface area is 157 Å². The first kappa shape index (κ1) is 17.3. The van der Waals surface area contributed by atoms with E-state index >= 15 is 0 Å². The molecule has 1 fully saturated rings. The van der Waals surface area contributed by atoms with Gasteiger partial charge in [0.15, 0.2) is 0 Å². The molecule has 0 bridgehead atoms. The number of amides is 3. The van der Waals surface area contributed by atoms with E-state index in [4.69, 9.17) is 4.74 Å². The number of rotatable bonds is 2. The first-order valence-corrected chi connectivity index (χ1v) is 9.04. The summed E-state index contributed by atoms with van der Waals surface area (Å²) in [5.41, 5.74) is 1.11. The molecule has 138 valence electrons. The maximum atomic E-state index is 13.3. The Morgan fingerprint density at radius 3 is 2.52 bits per heavy atom. The number of para-hydroxylation sites is 1. The van der Waals surface area contributed by atoms with Crippen LogP contribution in [0.4, 0.5) is 5.69 Å². The lowest BCUT2D eigenvalue weighted by atomic mass is 10.0. The number of hydrogen-bond donors (Lipinski definition) is 0. The van der Waals surface area contributed by atoms with Gasteiger partial charge >= 0.3 is 0 Å². The van der Waals surface area contributed by atoms with E-state index < -0.39 is 11.9 Å². The lowest BCUT2D eigenvalue weighted by Crippen LogP contribution is -2.52. The van der Waals surface area contributed by atoms with Crippen LogP contribution in [0.1, 0.15) is 40.0 Å². The number of benzene rings is 2. The molecular weight excluding hydrogens is 344 g/mol. The van der Waals surface area contributed by atoms with Crippen molar-refractivity contribution in [3.8, 4) is 5.75 Å². The average molecular weight is 364 g/mol. The maximum Gasteiger partial charge on any atom is 0.265 e. The minimum absolute atomic E-state index is 0.186. The molecule has 0 aliphatic carbocycles. The Morgan fingerprint density at radius 1 is 1.04 bits per heavy atom. The average Bonchev–Trinajstić information content (AvgIpc) is 2.82. The van der Waals surface area contributed by atoms with Gasteiger partial charge in [-0.15, -0.1) is 0 Å². The second kappa shape index (κ2) is 6.87. The Morgan fingerprint density at radius 2 is 1.78 bits per heavy atom. The first-order valence-electron chi connectivity index (χ1n) is 9.04. The van der Waals surface area contributed by atoms with Gasteiger partial charge in [0.2, 0.25) is 0 Å². The Bertz CT molecular complexity index is 907. The van der Waals surface area contributed by atoms with E-state index in [-0.39, 0.29) is 11.8 Å². The van der Waals surface area contributed by atoms with Crippen molar-refractivity contribution in [3.63, 3.8) is 0 Å². The van der Waals surface area contributed by atoms with E-state index in [1.54, 1.807) is 60.5 Å². The predicted octanol–water partition coefficient (Wildman–Crippen LogP) is 2.88. The van der Waals surface area contributed by atoms with Crippen LogP contribution >= 0.6 is 0 Å². The van der Waals surface area contributed by atoms with Crippen LogP contribution in [-0.2, 0) is 4.79 Å². The second-order valence-corrected chi connectivity index (χ2v) is 6.73. The summed E-state index contributed by atoms with van der Waals surface area (Å²) >= 11 is 0. The van der Waals surface area contributed by atoms with E-state index in [9.17, 15) is 14.4 Å². The quantitative estimate of drug-likeness (QED) is 0.769. The zero-order chi connectivity index (χ0) is 19.0. The van der Waals surface area contributed by atoms with Gasteiger partial charge in [-0.2, -0.15) is 0 Å². The third-order valence-corrected chi connectivity index (χ3v) is 5.18. The number of nitrogens with zero attached hydrogens (tertiary/aromatic N) is 2. The summed E-state index contributed by atoms with van der Waals surface area (Å²) in [7, 11) is 1.55. The van der Waals surface area contributed by atoms with Crippen molar-refractivity contribution in [2.45, 2.75) is 25.3 Å². The number of carbonyl (C=O) groups excluding carboxylic acids is 3. The van der Waals surface area contributed by atoms with Gasteiger partial charge in [-0.25, -0.2) is 4.90 Å². The van der Waals surface area contributed by atoms with Crippen molar-refractivity contribution >= 4 is 23.4 Å². The molecule has 0 radical (unpaired) electrons. The van der Waals surface area contributed by atoms with Gasteiger partial charge < -0.3 is 9.64 Å². The molecule has 0 aromatic heterocycles. The number of piperidine rings is 1. The maximum absolute atomic E-state index is 13.3. The van der Waals surface area contributed by atoms with Crippen molar-refractivity contribution in [1.29, 1.82) is 0 Å². The highest BCUT2D eigenvalue weighted by Gasteiger charge is 2.42. The summed E-state index contributed by atoms with van der Waals surface area (Å²) in [6, 6.07) is 12.8. The molecule has 0 saturated carbocycles. The third kappa shape index (κ3) is 2.87. The number of anilines is 1. The van der Waals surface area contributed by atoms with Gasteiger partial charge in [-0.3, -0.25) is 14.4 Å². The van der Waals surface area contributed by atoms with E-state index in [2.05, 4.69) is 0 Å². The van der Waals surface area contributed by atoms with E-state index in [0.29, 0.717) is 35.5 Å². The largest absolute Gasteiger partial charge is 0.497 e. The lowest BCUT2D eigenvalue weighted by Gasteiger charge is -2.34. The van der Waals surface area contributed by atoms with Crippen LogP contribution < -0.4 is 9.64 Å². The van der Waals surface area contributed by atoms with Crippen molar-refractivity contribution in [2.24, 2.45) is 0 Å². The number of fused-ring (bicyclic) bond motifs is 2. The van der Waals surface area contributed by atoms with Crippen LogP contribution in [0.25, 0.3) is 0 Å². The molecule has 6 heteroatoms. The molecule has 1 atom stereocenters. The number of imide groups is 1. The Kier molecular flexibility index (Phi) is 4.39. The molecule has 2 heterocycles. The lowest BCUT2D eigenvalue weighted by molar-refractivity contribution is -0.123. The predicted molar refractivity (Wildman–Crippen MR) is 99.9 cm³/mol. The van der Waals surface area contributed by atoms with E-state index in [1.807, 2.05) is 0 Å². The van der Waals surface area contributed by atoms with Gasteiger partial charge in [-0.1, -0.05) is 12.1 Å². The summed E-state index contributed by atoms with van der Waals surface area (Å²) in [5.74, 6) is -0.333. The summed E-state index contributed by atoms with van der Waals surface area (Å²) in [5, 5.41) is 0. The van der Waals surface area contributed by atoms with E-state index in [0.717, 1.165) is 12.8 Å². The molecule has 2 aliphatic heterocycles. The minimum atomic E-state index is -0.596. The number of ether oxygens (including phenoxy) is 1. The molecule has 0 unspecified atom stereocenters. The van der Waals surface area contributed by atoms with Crippen LogP contribution in [0.3, 0.4) is 0 Å². The van der Waals surface area contributed by atoms with Gasteiger partial charge in [0.25, 0.3) is 17.7 Å². The smallest absolute Gasteiger partial charge is 0.265 e. The number of methoxy groups -OCH3 is 1. The van der Waals surface area contributed by atoms with Crippen molar-refractivity contribution in [2.75, 3.05) is 18.6 Å². The molecule has 2 aliphatic rings. The molecule has 0 spiro atoms. The molecule has 2 aromatic rings. The van der Waals surface area contributed by atoms with Crippen LogP contribution in [0.2, 0.25) is 0 Å². The fraction of sp³-hybridized carbons (Fsp3) is 0.286. The molecule has 0 N–H and O–H groups in total. The summed E-state index contributed by atoms with van der Waals surface area (Å²) < 4.78 is 5.13. The normalized spacial score (nSPS) is 19.2. The van der Waals surface area contributed by atoms with Crippen molar-refractivity contribution in [1.82, 2.24) is 4.90 Å². The fourth-order valence-corrected chi connectivity index (χ4v) is 3.78. The monoisotopic (exact) mass is 364 g/mol. The molecule has 6 nitrogen and oxygen atoms in total. The van der Waals surface area contributed by atoms with Gasteiger partial charge in [0, 0.05) is 12.1 Å². The summed E-state index contributed by atoms with van der Waals surface area (Å²) in [6.07, 6.45) is 2.30. The fourth-order valence-electron chi connectivity index (χ4n) is 3.78. The summed E-state index contributed by atoms with van der Waals surface area (Å²) in [6.45, 7) is 0.536. The van der Waals surface area contributed by atoms with Crippen LogP contribution in [0.15, 0.2) is 48.5 Å². The Hall–Kier alpha value is -3.15. The zero-order valence-corrected chi connectivity index (χ0v) is 15.1. The standard InChI is InChI=1S/C21H20N2O4/c1-27-15-11-9-14(10-12-15)19(24)23-17-7-3-2-6-16(17)20(25)22-13-5-4-8-18(22)21(23)26/h2-3,6-7,9-12,18H,4-5,8,13H2,1H3/t18-/m0/s1. The highest BCUT2D eigenvalue weighted by atomic mass is 16.5. The third-order valence-electron chi connectivity index (χ3n) is 5.18. The van der Waals surface area contributed by atoms with Gasteiger partial charge in [0.1, 0.15) is 11.8 Å². The second-order valence-electron chi connectivity index (χ2n) is 6.73. The topological polar surface area (TPSA) is 66.9 Å². The van der Waals surface area contributed by atoms with Crippen LogP contribution in [-0.4, -0.2) is 42.3 Å². The number of hydrogen-bond acceptors (Lipinski definition) is 4. The number of carbonyl (C=O) groups is 3. The highest BCUT2D eigenvalue weighted by molar-refractivity contribution is 6.26.